The monoisotopic (exact) mass is 293 g/mol. The molecule has 0 aliphatic heterocycles. The van der Waals surface area contributed by atoms with Crippen LogP contribution in [-0.2, 0) is 6.42 Å². The molecule has 1 aromatic carbocycles. The number of nitro groups is 1. The molecule has 6 heteroatoms. The van der Waals surface area contributed by atoms with Crippen molar-refractivity contribution in [2.75, 3.05) is 0 Å². The van der Waals surface area contributed by atoms with E-state index < -0.39 is 4.92 Å². The van der Waals surface area contributed by atoms with Gasteiger partial charge in [0.2, 0.25) is 5.15 Å². The maximum Gasteiger partial charge on any atom is 0.329 e. The number of hydrogen-bond donors (Lipinski definition) is 0. The van der Waals surface area contributed by atoms with Gasteiger partial charge in [-0.1, -0.05) is 43.6 Å². The Bertz CT molecular complexity index is 650. The van der Waals surface area contributed by atoms with Crippen LogP contribution >= 0.6 is 11.6 Å². The van der Waals surface area contributed by atoms with E-state index >= 15 is 0 Å². The molecule has 2 aromatic rings. The molecule has 0 radical (unpaired) electrons. The van der Waals surface area contributed by atoms with Crippen LogP contribution in [0.3, 0.4) is 0 Å². The molecule has 0 aliphatic rings. The van der Waals surface area contributed by atoms with Crippen molar-refractivity contribution >= 4 is 17.3 Å². The van der Waals surface area contributed by atoms with E-state index in [0.717, 1.165) is 11.3 Å². The molecular weight excluding hydrogens is 278 g/mol. The van der Waals surface area contributed by atoms with E-state index in [2.05, 4.69) is 5.10 Å². The van der Waals surface area contributed by atoms with Crippen LogP contribution in [0.2, 0.25) is 5.15 Å². The van der Waals surface area contributed by atoms with Crippen LogP contribution in [0.15, 0.2) is 24.3 Å². The van der Waals surface area contributed by atoms with Gasteiger partial charge in [-0.3, -0.25) is 10.1 Å². The first-order valence-electron chi connectivity index (χ1n) is 6.39. The molecule has 1 heterocycles. The van der Waals surface area contributed by atoms with Crippen molar-refractivity contribution in [3.05, 3.63) is 50.8 Å². The first kappa shape index (κ1) is 14.5. The standard InChI is InChI=1S/C14H16ClN3O2/c1-9(2)8-11-13(18(19)20)14(15)17(16-11)12-7-5-4-6-10(12)3/h4-7,9H,8H2,1-3H3. The average molecular weight is 294 g/mol. The summed E-state index contributed by atoms with van der Waals surface area (Å²) >= 11 is 6.17. The molecule has 0 amide bonds. The van der Waals surface area contributed by atoms with Crippen LogP contribution in [0.1, 0.15) is 25.1 Å². The quantitative estimate of drug-likeness (QED) is 0.633. The molecule has 0 atom stereocenters. The summed E-state index contributed by atoms with van der Waals surface area (Å²) in [5.74, 6) is 0.269. The highest BCUT2D eigenvalue weighted by Gasteiger charge is 2.27. The Morgan fingerprint density at radius 1 is 1.40 bits per heavy atom. The van der Waals surface area contributed by atoms with E-state index in [1.807, 2.05) is 45.0 Å². The van der Waals surface area contributed by atoms with Crippen molar-refractivity contribution in [2.45, 2.75) is 27.2 Å². The van der Waals surface area contributed by atoms with Crippen molar-refractivity contribution in [1.29, 1.82) is 0 Å². The van der Waals surface area contributed by atoms with Crippen molar-refractivity contribution < 1.29 is 4.92 Å². The van der Waals surface area contributed by atoms with Crippen molar-refractivity contribution in [3.8, 4) is 5.69 Å². The highest BCUT2D eigenvalue weighted by atomic mass is 35.5. The number of rotatable bonds is 4. The molecule has 0 saturated heterocycles. The second kappa shape index (κ2) is 5.63. The zero-order valence-electron chi connectivity index (χ0n) is 11.6. The highest BCUT2D eigenvalue weighted by Crippen LogP contribution is 2.32. The summed E-state index contributed by atoms with van der Waals surface area (Å²) < 4.78 is 1.45. The molecule has 0 N–H and O–H groups in total. The van der Waals surface area contributed by atoms with E-state index in [4.69, 9.17) is 11.6 Å². The van der Waals surface area contributed by atoms with Gasteiger partial charge in [0.1, 0.15) is 5.69 Å². The smallest absolute Gasteiger partial charge is 0.258 e. The number of nitrogens with zero attached hydrogens (tertiary/aromatic N) is 3. The number of hydrogen-bond acceptors (Lipinski definition) is 3. The van der Waals surface area contributed by atoms with Crippen LogP contribution in [0.4, 0.5) is 5.69 Å². The largest absolute Gasteiger partial charge is 0.329 e. The van der Waals surface area contributed by atoms with Crippen LogP contribution < -0.4 is 0 Å². The minimum atomic E-state index is -0.457. The van der Waals surface area contributed by atoms with E-state index in [1.54, 1.807) is 0 Å². The SMILES string of the molecule is Cc1ccccc1-n1nc(CC(C)C)c([N+](=O)[O-])c1Cl. The first-order chi connectivity index (χ1) is 9.41. The fourth-order valence-corrected chi connectivity index (χ4v) is 2.40. The summed E-state index contributed by atoms with van der Waals surface area (Å²) in [6.45, 7) is 5.90. The second-order valence-corrected chi connectivity index (χ2v) is 5.50. The molecular formula is C14H16ClN3O2. The Kier molecular flexibility index (Phi) is 4.09. The van der Waals surface area contributed by atoms with Gasteiger partial charge in [-0.25, -0.2) is 4.68 Å². The Balaban J connectivity index is 2.61. The zero-order chi connectivity index (χ0) is 14.9. The number of benzene rings is 1. The third kappa shape index (κ3) is 2.67. The molecule has 0 bridgehead atoms. The van der Waals surface area contributed by atoms with Crippen molar-refractivity contribution in [3.63, 3.8) is 0 Å². The molecule has 0 aliphatic carbocycles. The predicted octanol–water partition coefficient (Wildman–Crippen LogP) is 3.94. The molecule has 20 heavy (non-hydrogen) atoms. The maximum absolute atomic E-state index is 11.2. The van der Waals surface area contributed by atoms with E-state index in [-0.39, 0.29) is 16.8 Å². The van der Waals surface area contributed by atoms with Crippen molar-refractivity contribution in [2.24, 2.45) is 5.92 Å². The molecule has 0 unspecified atom stereocenters. The Hall–Kier alpha value is -1.88. The topological polar surface area (TPSA) is 61.0 Å². The molecule has 0 fully saturated rings. The first-order valence-corrected chi connectivity index (χ1v) is 6.77. The lowest BCUT2D eigenvalue weighted by atomic mass is 10.1. The molecule has 1 aromatic heterocycles. The van der Waals surface area contributed by atoms with Crippen LogP contribution in [0, 0.1) is 23.0 Å². The summed E-state index contributed by atoms with van der Waals surface area (Å²) in [6, 6.07) is 7.52. The van der Waals surface area contributed by atoms with Gasteiger partial charge in [0.05, 0.1) is 10.6 Å². The van der Waals surface area contributed by atoms with E-state index in [0.29, 0.717) is 12.1 Å². The number of para-hydroxylation sites is 1. The van der Waals surface area contributed by atoms with Crippen LogP contribution in [-0.4, -0.2) is 14.7 Å². The van der Waals surface area contributed by atoms with Gasteiger partial charge in [0.15, 0.2) is 0 Å². The second-order valence-electron chi connectivity index (χ2n) is 5.14. The fourth-order valence-electron chi connectivity index (χ4n) is 2.10. The lowest BCUT2D eigenvalue weighted by Gasteiger charge is -2.05. The van der Waals surface area contributed by atoms with Gasteiger partial charge in [0.25, 0.3) is 0 Å². The van der Waals surface area contributed by atoms with Crippen LogP contribution in [0.5, 0.6) is 0 Å². The predicted molar refractivity (Wildman–Crippen MR) is 78.5 cm³/mol. The fraction of sp³-hybridized carbons (Fsp3) is 0.357. The normalized spacial score (nSPS) is 11.1. The van der Waals surface area contributed by atoms with E-state index in [9.17, 15) is 10.1 Å². The number of aryl methyl sites for hydroxylation is 1. The molecule has 0 saturated carbocycles. The summed E-state index contributed by atoms with van der Waals surface area (Å²) in [7, 11) is 0. The summed E-state index contributed by atoms with van der Waals surface area (Å²) in [4.78, 5) is 10.8. The minimum absolute atomic E-state index is 0.0555. The molecule has 106 valence electrons. The van der Waals surface area contributed by atoms with Gasteiger partial charge in [0, 0.05) is 6.42 Å². The van der Waals surface area contributed by atoms with Gasteiger partial charge in [-0.2, -0.15) is 5.10 Å². The summed E-state index contributed by atoms with van der Waals surface area (Å²) in [5.41, 5.74) is 2.06. The minimum Gasteiger partial charge on any atom is -0.258 e. The number of halogens is 1. The zero-order valence-corrected chi connectivity index (χ0v) is 12.4. The lowest BCUT2D eigenvalue weighted by Crippen LogP contribution is -2.01. The molecule has 2 rings (SSSR count). The molecule has 5 nitrogen and oxygen atoms in total. The third-order valence-corrected chi connectivity index (χ3v) is 3.34. The third-order valence-electron chi connectivity index (χ3n) is 3.00. The summed E-state index contributed by atoms with van der Waals surface area (Å²) in [5, 5.41) is 15.6. The summed E-state index contributed by atoms with van der Waals surface area (Å²) in [6.07, 6.45) is 0.523. The Labute approximate surface area is 122 Å². The lowest BCUT2D eigenvalue weighted by molar-refractivity contribution is -0.385. The molecule has 0 spiro atoms. The van der Waals surface area contributed by atoms with Crippen LogP contribution in [0.25, 0.3) is 5.69 Å². The van der Waals surface area contributed by atoms with Gasteiger partial charge in [-0.05, 0) is 24.5 Å². The Morgan fingerprint density at radius 3 is 2.60 bits per heavy atom. The van der Waals surface area contributed by atoms with Crippen molar-refractivity contribution in [1.82, 2.24) is 9.78 Å². The average Bonchev–Trinajstić information content (AvgIpc) is 2.66. The Morgan fingerprint density at radius 2 is 2.05 bits per heavy atom. The number of aromatic nitrogens is 2. The van der Waals surface area contributed by atoms with E-state index in [1.165, 1.54) is 4.68 Å². The highest BCUT2D eigenvalue weighted by molar-refractivity contribution is 6.32. The van der Waals surface area contributed by atoms with Gasteiger partial charge in [-0.15, -0.1) is 0 Å². The van der Waals surface area contributed by atoms with Gasteiger partial charge < -0.3 is 0 Å². The maximum atomic E-state index is 11.2. The van der Waals surface area contributed by atoms with Gasteiger partial charge >= 0.3 is 5.69 Å².